The highest BCUT2D eigenvalue weighted by Gasteiger charge is 2.22. The van der Waals surface area contributed by atoms with Crippen molar-refractivity contribution in [3.05, 3.63) is 0 Å². The third kappa shape index (κ3) is 6.42. The predicted octanol–water partition coefficient (Wildman–Crippen LogP) is 3.85. The van der Waals surface area contributed by atoms with E-state index in [-0.39, 0.29) is 5.92 Å². The van der Waals surface area contributed by atoms with Gasteiger partial charge in [-0.2, -0.15) is 0 Å². The second kappa shape index (κ2) is 8.93. The normalized spacial score (nSPS) is 24.0. The van der Waals surface area contributed by atoms with Gasteiger partial charge in [-0.05, 0) is 5.92 Å². The van der Waals surface area contributed by atoms with Crippen LogP contribution in [0.25, 0.3) is 0 Å². The lowest BCUT2D eigenvalue weighted by atomic mass is 9.84. The molecule has 1 atom stereocenters. The minimum Gasteiger partial charge on any atom is -0.368 e. The molecule has 1 aliphatic carbocycles. The average Bonchev–Trinajstić information content (AvgIpc) is 2.29. The minimum absolute atomic E-state index is 0.0398. The lowest BCUT2D eigenvalue weighted by Crippen LogP contribution is -2.25. The molecule has 2 nitrogen and oxygen atoms in total. The molecule has 102 valence electrons. The van der Waals surface area contributed by atoms with Gasteiger partial charge in [0.2, 0.25) is 0 Å². The van der Waals surface area contributed by atoms with Gasteiger partial charge in [0.25, 0.3) is 0 Å². The Labute approximate surface area is 106 Å². The topological polar surface area (TPSA) is 40.5 Å². The Morgan fingerprint density at radius 2 is 1.06 bits per heavy atom. The molecule has 0 aliphatic heterocycles. The maximum absolute atomic E-state index is 9.32. The first-order chi connectivity index (χ1) is 8.22. The summed E-state index contributed by atoms with van der Waals surface area (Å²) in [6, 6.07) is 0. The third-order valence-corrected chi connectivity index (χ3v) is 4.36. The molecule has 1 fully saturated rings. The van der Waals surface area contributed by atoms with Gasteiger partial charge in [-0.15, -0.1) is 0 Å². The summed E-state index contributed by atoms with van der Waals surface area (Å²) >= 11 is 0. The molecule has 0 aromatic heterocycles. The average molecular weight is 242 g/mol. The van der Waals surface area contributed by atoms with Gasteiger partial charge >= 0.3 is 0 Å². The van der Waals surface area contributed by atoms with Crippen LogP contribution in [0.1, 0.15) is 77.6 Å². The number of hydrogen-bond donors (Lipinski definition) is 2. The van der Waals surface area contributed by atoms with E-state index in [1.165, 1.54) is 70.6 Å². The molecular weight excluding hydrogens is 212 g/mol. The largest absolute Gasteiger partial charge is 0.368 e. The van der Waals surface area contributed by atoms with E-state index in [4.69, 9.17) is 0 Å². The van der Waals surface area contributed by atoms with Crippen LogP contribution in [-0.4, -0.2) is 16.5 Å². The molecule has 0 amide bonds. The highest BCUT2D eigenvalue weighted by Crippen LogP contribution is 2.28. The fourth-order valence-corrected chi connectivity index (χ4v) is 2.96. The summed E-state index contributed by atoms with van der Waals surface area (Å²) < 4.78 is 0. The molecule has 0 radical (unpaired) electrons. The van der Waals surface area contributed by atoms with E-state index in [2.05, 4.69) is 0 Å². The van der Waals surface area contributed by atoms with Gasteiger partial charge in [-0.1, -0.05) is 77.6 Å². The molecule has 0 aromatic rings. The molecule has 1 aliphatic rings. The standard InChI is InChI=1S/C15H30O2/c1-13(15(16)17)14-11-9-7-5-3-2-4-6-8-10-12-14/h13-17H,2-12H2,1H3. The van der Waals surface area contributed by atoms with Crippen LogP contribution in [0.4, 0.5) is 0 Å². The second-order valence-corrected chi connectivity index (χ2v) is 5.79. The second-order valence-electron chi connectivity index (χ2n) is 5.79. The Hall–Kier alpha value is -0.0800. The maximum Gasteiger partial charge on any atom is 0.154 e. The molecule has 0 bridgehead atoms. The predicted molar refractivity (Wildman–Crippen MR) is 71.7 cm³/mol. The van der Waals surface area contributed by atoms with E-state index in [0.717, 1.165) is 0 Å². The summed E-state index contributed by atoms with van der Waals surface area (Å²) in [5.74, 6) is 0.548. The molecule has 0 aromatic carbocycles. The van der Waals surface area contributed by atoms with Crippen molar-refractivity contribution in [2.45, 2.75) is 83.8 Å². The molecular formula is C15H30O2. The summed E-state index contributed by atoms with van der Waals surface area (Å²) in [6.07, 6.45) is 13.3. The van der Waals surface area contributed by atoms with Crippen LogP contribution in [-0.2, 0) is 0 Å². The van der Waals surface area contributed by atoms with Crippen LogP contribution in [0, 0.1) is 11.8 Å². The van der Waals surface area contributed by atoms with Gasteiger partial charge in [-0.3, -0.25) is 0 Å². The molecule has 0 spiro atoms. The van der Waals surface area contributed by atoms with Crippen molar-refractivity contribution in [3.63, 3.8) is 0 Å². The van der Waals surface area contributed by atoms with Gasteiger partial charge in [0.1, 0.15) is 0 Å². The first-order valence-corrected chi connectivity index (χ1v) is 7.58. The van der Waals surface area contributed by atoms with Gasteiger partial charge in [0.05, 0.1) is 0 Å². The lowest BCUT2D eigenvalue weighted by molar-refractivity contribution is -0.0966. The van der Waals surface area contributed by atoms with Crippen molar-refractivity contribution in [1.82, 2.24) is 0 Å². The van der Waals surface area contributed by atoms with Crippen molar-refractivity contribution in [1.29, 1.82) is 0 Å². The number of rotatable bonds is 2. The maximum atomic E-state index is 9.32. The third-order valence-electron chi connectivity index (χ3n) is 4.36. The summed E-state index contributed by atoms with van der Waals surface area (Å²) in [7, 11) is 0. The van der Waals surface area contributed by atoms with Crippen molar-refractivity contribution in [3.8, 4) is 0 Å². The van der Waals surface area contributed by atoms with Gasteiger partial charge in [-0.25, -0.2) is 0 Å². The lowest BCUT2D eigenvalue weighted by Gasteiger charge is -2.25. The van der Waals surface area contributed by atoms with Crippen molar-refractivity contribution >= 4 is 0 Å². The van der Waals surface area contributed by atoms with Crippen LogP contribution in [0.3, 0.4) is 0 Å². The van der Waals surface area contributed by atoms with E-state index < -0.39 is 6.29 Å². The Morgan fingerprint density at radius 3 is 1.41 bits per heavy atom. The number of hydrogen-bond acceptors (Lipinski definition) is 2. The molecule has 17 heavy (non-hydrogen) atoms. The molecule has 2 heteroatoms. The van der Waals surface area contributed by atoms with Crippen molar-refractivity contribution in [2.75, 3.05) is 0 Å². The number of aliphatic hydroxyl groups is 2. The molecule has 1 unspecified atom stereocenters. The minimum atomic E-state index is -1.13. The van der Waals surface area contributed by atoms with Crippen LogP contribution in [0.2, 0.25) is 0 Å². The molecule has 0 saturated heterocycles. The van der Waals surface area contributed by atoms with Crippen LogP contribution < -0.4 is 0 Å². The summed E-state index contributed by atoms with van der Waals surface area (Å²) in [5.41, 5.74) is 0. The quantitative estimate of drug-likeness (QED) is 0.722. The monoisotopic (exact) mass is 242 g/mol. The SMILES string of the molecule is CC(C(O)O)C1CCCCCCCCCCC1. The van der Waals surface area contributed by atoms with Crippen LogP contribution >= 0.6 is 0 Å². The Morgan fingerprint density at radius 1 is 0.706 bits per heavy atom. The smallest absolute Gasteiger partial charge is 0.154 e. The first kappa shape index (κ1) is 15.0. The Balaban J connectivity index is 2.37. The Bertz CT molecular complexity index is 168. The molecule has 1 rings (SSSR count). The fourth-order valence-electron chi connectivity index (χ4n) is 2.96. The summed E-state index contributed by atoms with van der Waals surface area (Å²) in [6.45, 7) is 1.99. The van der Waals surface area contributed by atoms with Crippen molar-refractivity contribution in [2.24, 2.45) is 11.8 Å². The van der Waals surface area contributed by atoms with E-state index >= 15 is 0 Å². The van der Waals surface area contributed by atoms with Gasteiger partial charge < -0.3 is 10.2 Å². The van der Waals surface area contributed by atoms with E-state index in [1.807, 2.05) is 6.92 Å². The van der Waals surface area contributed by atoms with E-state index in [9.17, 15) is 10.2 Å². The van der Waals surface area contributed by atoms with Crippen molar-refractivity contribution < 1.29 is 10.2 Å². The highest BCUT2D eigenvalue weighted by atomic mass is 16.5. The fraction of sp³-hybridized carbons (Fsp3) is 1.00. The zero-order chi connectivity index (χ0) is 12.5. The summed E-state index contributed by atoms with van der Waals surface area (Å²) in [5, 5.41) is 18.6. The van der Waals surface area contributed by atoms with E-state index in [0.29, 0.717) is 5.92 Å². The number of aliphatic hydroxyl groups excluding tert-OH is 1. The van der Waals surface area contributed by atoms with Crippen LogP contribution in [0.5, 0.6) is 0 Å². The Kier molecular flexibility index (Phi) is 7.87. The van der Waals surface area contributed by atoms with Gasteiger partial charge in [0, 0.05) is 5.92 Å². The first-order valence-electron chi connectivity index (χ1n) is 7.58. The van der Waals surface area contributed by atoms with E-state index in [1.54, 1.807) is 0 Å². The highest BCUT2D eigenvalue weighted by molar-refractivity contribution is 4.69. The van der Waals surface area contributed by atoms with Crippen LogP contribution in [0.15, 0.2) is 0 Å². The summed E-state index contributed by atoms with van der Waals surface area (Å²) in [4.78, 5) is 0. The van der Waals surface area contributed by atoms with Gasteiger partial charge in [0.15, 0.2) is 6.29 Å². The zero-order valence-electron chi connectivity index (χ0n) is 11.4. The molecule has 1 saturated carbocycles. The molecule has 0 heterocycles. The zero-order valence-corrected chi connectivity index (χ0v) is 11.4. The molecule has 2 N–H and O–H groups in total.